The van der Waals surface area contributed by atoms with Crippen molar-refractivity contribution in [1.82, 2.24) is 25.1 Å². The molecule has 0 amide bonds. The van der Waals surface area contributed by atoms with E-state index in [0.29, 0.717) is 17.1 Å². The number of ether oxygens (including phenoxy) is 1. The van der Waals surface area contributed by atoms with Gasteiger partial charge in [-0.2, -0.15) is 5.10 Å². The topological polar surface area (TPSA) is 93.7 Å². The quantitative estimate of drug-likeness (QED) is 0.721. The maximum atomic E-state index is 11.9. The van der Waals surface area contributed by atoms with E-state index in [-0.39, 0.29) is 12.3 Å². The Bertz CT molecular complexity index is 711. The van der Waals surface area contributed by atoms with Crippen molar-refractivity contribution in [3.05, 3.63) is 47.6 Å². The summed E-state index contributed by atoms with van der Waals surface area (Å²) in [5.41, 5.74) is 1.91. The molecule has 0 aliphatic heterocycles. The molecular weight excluding hydrogens is 290 g/mol. The number of hydrogen-bond acceptors (Lipinski definition) is 7. The van der Waals surface area contributed by atoms with E-state index in [4.69, 9.17) is 4.74 Å². The first-order valence-electron chi connectivity index (χ1n) is 6.19. The van der Waals surface area contributed by atoms with Gasteiger partial charge in [-0.25, -0.2) is 9.78 Å². The fourth-order valence-corrected chi connectivity index (χ4v) is 2.39. The summed E-state index contributed by atoms with van der Waals surface area (Å²) in [6.07, 6.45) is 8.85. The predicted octanol–water partition coefficient (Wildman–Crippen LogP) is 1.72. The van der Waals surface area contributed by atoms with Gasteiger partial charge in [0.2, 0.25) is 0 Å². The molecule has 0 atom stereocenters. The molecule has 0 saturated carbocycles. The summed E-state index contributed by atoms with van der Waals surface area (Å²) >= 11 is 1.33. The number of carbonyl (C=O) groups excluding carboxylic acids is 1. The van der Waals surface area contributed by atoms with Crippen LogP contribution in [0.5, 0.6) is 0 Å². The third-order valence-corrected chi connectivity index (χ3v) is 3.54. The zero-order valence-electron chi connectivity index (χ0n) is 10.9. The zero-order valence-corrected chi connectivity index (χ0v) is 11.7. The van der Waals surface area contributed by atoms with Crippen molar-refractivity contribution in [2.75, 3.05) is 6.61 Å². The molecule has 0 aliphatic carbocycles. The first-order chi connectivity index (χ1) is 10.3. The lowest BCUT2D eigenvalue weighted by Gasteiger charge is -2.00. The molecule has 0 bridgehead atoms. The van der Waals surface area contributed by atoms with Gasteiger partial charge in [0.05, 0.1) is 19.0 Å². The van der Waals surface area contributed by atoms with Crippen LogP contribution in [0, 0.1) is 0 Å². The largest absolute Gasteiger partial charge is 0.461 e. The summed E-state index contributed by atoms with van der Waals surface area (Å²) in [6.45, 7) is 0.288. The molecule has 21 heavy (non-hydrogen) atoms. The molecule has 106 valence electrons. The number of nitrogens with one attached hydrogen (secondary N) is 1. The maximum absolute atomic E-state index is 11.9. The fourth-order valence-electron chi connectivity index (χ4n) is 1.64. The van der Waals surface area contributed by atoms with Crippen LogP contribution in [0.25, 0.3) is 10.7 Å². The summed E-state index contributed by atoms with van der Waals surface area (Å²) in [5.74, 6) is -0.440. The second-order valence-electron chi connectivity index (χ2n) is 4.12. The number of esters is 1. The van der Waals surface area contributed by atoms with Crippen molar-refractivity contribution in [3.8, 4) is 10.7 Å². The predicted molar refractivity (Wildman–Crippen MR) is 75.7 cm³/mol. The summed E-state index contributed by atoms with van der Waals surface area (Å²) < 4.78 is 5.18. The first kappa shape index (κ1) is 13.4. The number of hydrogen-bond donors (Lipinski definition) is 1. The van der Waals surface area contributed by atoms with E-state index in [0.717, 1.165) is 5.56 Å². The van der Waals surface area contributed by atoms with Gasteiger partial charge in [0, 0.05) is 30.4 Å². The molecule has 0 fully saturated rings. The zero-order chi connectivity index (χ0) is 14.5. The third kappa shape index (κ3) is 3.29. The Morgan fingerprint density at radius 3 is 3.05 bits per heavy atom. The lowest BCUT2D eigenvalue weighted by molar-refractivity contribution is 0.0503. The fraction of sp³-hybridized carbons (Fsp3) is 0.154. The number of aromatic amines is 1. The average molecular weight is 301 g/mol. The Labute approximate surface area is 124 Å². The standard InChI is InChI=1S/C13H11N5O2S/c19-13(20-4-1-9-5-16-17-6-9)11-8-21-12(18-11)10-7-14-2-3-15-10/h2-3,5-8H,1,4H2,(H,16,17). The Morgan fingerprint density at radius 1 is 1.33 bits per heavy atom. The summed E-state index contributed by atoms with van der Waals surface area (Å²) in [5, 5.41) is 8.83. The molecule has 7 nitrogen and oxygen atoms in total. The Balaban J connectivity index is 1.59. The smallest absolute Gasteiger partial charge is 0.357 e. The van der Waals surface area contributed by atoms with Crippen molar-refractivity contribution in [2.24, 2.45) is 0 Å². The molecule has 0 radical (unpaired) electrons. The molecular formula is C13H11N5O2S. The van der Waals surface area contributed by atoms with Crippen LogP contribution in [0.4, 0.5) is 0 Å². The van der Waals surface area contributed by atoms with Gasteiger partial charge in [0.25, 0.3) is 0 Å². The van der Waals surface area contributed by atoms with E-state index in [1.54, 1.807) is 36.4 Å². The van der Waals surface area contributed by atoms with E-state index >= 15 is 0 Å². The van der Waals surface area contributed by atoms with Crippen LogP contribution in [0.1, 0.15) is 16.1 Å². The average Bonchev–Trinajstić information content (AvgIpc) is 3.20. The molecule has 1 N–H and O–H groups in total. The minimum absolute atomic E-state index is 0.285. The minimum atomic E-state index is -0.440. The first-order valence-corrected chi connectivity index (χ1v) is 7.07. The molecule has 0 aromatic carbocycles. The van der Waals surface area contributed by atoms with Crippen molar-refractivity contribution < 1.29 is 9.53 Å². The van der Waals surface area contributed by atoms with Crippen molar-refractivity contribution in [3.63, 3.8) is 0 Å². The Hall–Kier alpha value is -2.61. The molecule has 0 spiro atoms. The van der Waals surface area contributed by atoms with Crippen molar-refractivity contribution in [2.45, 2.75) is 6.42 Å². The van der Waals surface area contributed by atoms with Gasteiger partial charge >= 0.3 is 5.97 Å². The van der Waals surface area contributed by atoms with Gasteiger partial charge in [-0.1, -0.05) is 0 Å². The van der Waals surface area contributed by atoms with E-state index in [2.05, 4.69) is 25.1 Å². The second kappa shape index (κ2) is 6.23. The normalized spacial score (nSPS) is 10.5. The van der Waals surface area contributed by atoms with Crippen LogP contribution >= 0.6 is 11.3 Å². The van der Waals surface area contributed by atoms with E-state index in [1.165, 1.54) is 11.3 Å². The molecule has 8 heteroatoms. The summed E-state index contributed by atoms with van der Waals surface area (Å²) in [4.78, 5) is 24.2. The van der Waals surface area contributed by atoms with Crippen LogP contribution in [0.2, 0.25) is 0 Å². The highest BCUT2D eigenvalue weighted by atomic mass is 32.1. The summed E-state index contributed by atoms with van der Waals surface area (Å²) in [6, 6.07) is 0. The van der Waals surface area contributed by atoms with Crippen LogP contribution in [0.3, 0.4) is 0 Å². The van der Waals surface area contributed by atoms with Gasteiger partial charge in [-0.05, 0) is 5.56 Å². The highest BCUT2D eigenvalue weighted by Gasteiger charge is 2.13. The highest BCUT2D eigenvalue weighted by Crippen LogP contribution is 2.21. The van der Waals surface area contributed by atoms with Gasteiger partial charge < -0.3 is 4.74 Å². The number of carbonyl (C=O) groups is 1. The van der Waals surface area contributed by atoms with E-state index in [1.807, 2.05) is 0 Å². The minimum Gasteiger partial charge on any atom is -0.461 e. The molecule has 3 rings (SSSR count). The molecule has 3 aromatic rings. The van der Waals surface area contributed by atoms with Crippen LogP contribution in [-0.2, 0) is 11.2 Å². The van der Waals surface area contributed by atoms with Crippen LogP contribution < -0.4 is 0 Å². The monoisotopic (exact) mass is 301 g/mol. The van der Waals surface area contributed by atoms with E-state index < -0.39 is 5.97 Å². The number of rotatable bonds is 5. The molecule has 3 heterocycles. The lowest BCUT2D eigenvalue weighted by atomic mass is 10.3. The van der Waals surface area contributed by atoms with Crippen molar-refractivity contribution in [1.29, 1.82) is 0 Å². The van der Waals surface area contributed by atoms with Crippen LogP contribution in [-0.4, -0.2) is 37.7 Å². The molecule has 0 aliphatic rings. The van der Waals surface area contributed by atoms with Gasteiger partial charge in [-0.15, -0.1) is 11.3 Å². The van der Waals surface area contributed by atoms with E-state index in [9.17, 15) is 4.79 Å². The molecule has 3 aromatic heterocycles. The number of thiazole rings is 1. The third-order valence-electron chi connectivity index (χ3n) is 2.67. The Morgan fingerprint density at radius 2 is 2.29 bits per heavy atom. The van der Waals surface area contributed by atoms with Gasteiger partial charge in [0.15, 0.2) is 5.69 Å². The molecule has 0 unspecified atom stereocenters. The maximum Gasteiger partial charge on any atom is 0.357 e. The number of aromatic nitrogens is 5. The number of H-pyrrole nitrogens is 1. The van der Waals surface area contributed by atoms with Crippen LogP contribution in [0.15, 0.2) is 36.4 Å². The van der Waals surface area contributed by atoms with Gasteiger partial charge in [-0.3, -0.25) is 15.1 Å². The highest BCUT2D eigenvalue weighted by molar-refractivity contribution is 7.13. The lowest BCUT2D eigenvalue weighted by Crippen LogP contribution is -2.08. The van der Waals surface area contributed by atoms with Gasteiger partial charge in [0.1, 0.15) is 10.7 Å². The SMILES string of the molecule is O=C(OCCc1cn[nH]c1)c1csc(-c2cnccn2)n1. The van der Waals surface area contributed by atoms with Crippen molar-refractivity contribution >= 4 is 17.3 Å². The second-order valence-corrected chi connectivity index (χ2v) is 4.98. The molecule has 0 saturated heterocycles. The Kier molecular flexibility index (Phi) is 3.97. The summed E-state index contributed by atoms with van der Waals surface area (Å²) in [7, 11) is 0. The number of nitrogens with zero attached hydrogens (tertiary/aromatic N) is 4.